The average Bonchev–Trinajstić information content (AvgIpc) is 2.35. The van der Waals surface area contributed by atoms with Gasteiger partial charge in [-0.15, -0.1) is 0 Å². The Labute approximate surface area is 109 Å². The molecule has 0 heterocycles. The van der Waals surface area contributed by atoms with Gasteiger partial charge in [0.25, 0.3) is 0 Å². The Bertz CT molecular complexity index is 391. The topological polar surface area (TPSA) is 55.6 Å². The summed E-state index contributed by atoms with van der Waals surface area (Å²) >= 11 is 0. The molecule has 0 aromatic heterocycles. The van der Waals surface area contributed by atoms with Gasteiger partial charge in [-0.25, -0.2) is 4.79 Å². The van der Waals surface area contributed by atoms with Gasteiger partial charge >= 0.3 is 6.09 Å². The predicted octanol–water partition coefficient (Wildman–Crippen LogP) is 2.88. The van der Waals surface area contributed by atoms with Gasteiger partial charge < -0.3 is 15.4 Å². The zero-order chi connectivity index (χ0) is 13.5. The maximum atomic E-state index is 11.9. The van der Waals surface area contributed by atoms with Crippen molar-refractivity contribution in [2.45, 2.75) is 27.3 Å². The summed E-state index contributed by atoms with van der Waals surface area (Å²) in [5, 5.41) is 0. The van der Waals surface area contributed by atoms with Gasteiger partial charge in [0.05, 0.1) is 13.2 Å². The minimum atomic E-state index is -0.283. The van der Waals surface area contributed by atoms with Crippen LogP contribution in [-0.2, 0) is 11.3 Å². The van der Waals surface area contributed by atoms with Gasteiger partial charge in [0, 0.05) is 12.2 Å². The summed E-state index contributed by atoms with van der Waals surface area (Å²) in [6.45, 7) is 7.48. The first-order valence-corrected chi connectivity index (χ1v) is 6.29. The Morgan fingerprint density at radius 1 is 1.39 bits per heavy atom. The van der Waals surface area contributed by atoms with E-state index in [0.717, 1.165) is 5.56 Å². The van der Waals surface area contributed by atoms with Gasteiger partial charge in [0.15, 0.2) is 0 Å². The van der Waals surface area contributed by atoms with Crippen molar-refractivity contribution < 1.29 is 9.53 Å². The summed E-state index contributed by atoms with van der Waals surface area (Å²) < 4.78 is 5.21. The zero-order valence-corrected chi connectivity index (χ0v) is 11.3. The van der Waals surface area contributed by atoms with Gasteiger partial charge in [0.1, 0.15) is 0 Å². The second-order valence-corrected chi connectivity index (χ2v) is 4.68. The largest absolute Gasteiger partial charge is 0.449 e. The number of ether oxygens (including phenoxy) is 1. The molecule has 4 nitrogen and oxygen atoms in total. The Morgan fingerprint density at radius 2 is 2.06 bits per heavy atom. The highest BCUT2D eigenvalue weighted by Crippen LogP contribution is 2.14. The average molecular weight is 250 g/mol. The molecule has 1 aromatic carbocycles. The summed E-state index contributed by atoms with van der Waals surface area (Å²) in [4.78, 5) is 13.5. The highest BCUT2D eigenvalue weighted by molar-refractivity contribution is 5.68. The third-order valence-corrected chi connectivity index (χ3v) is 2.60. The van der Waals surface area contributed by atoms with Crippen LogP contribution in [0.15, 0.2) is 24.3 Å². The van der Waals surface area contributed by atoms with Crippen LogP contribution in [0.3, 0.4) is 0 Å². The third kappa shape index (κ3) is 4.28. The molecule has 0 aliphatic rings. The minimum absolute atomic E-state index is 0.283. The molecule has 1 rings (SSSR count). The number of carbonyl (C=O) groups is 1. The van der Waals surface area contributed by atoms with Crippen LogP contribution in [0, 0.1) is 5.92 Å². The lowest BCUT2D eigenvalue weighted by atomic mass is 10.2. The maximum absolute atomic E-state index is 11.9. The van der Waals surface area contributed by atoms with E-state index in [9.17, 15) is 4.79 Å². The fraction of sp³-hybridized carbons (Fsp3) is 0.500. The van der Waals surface area contributed by atoms with E-state index >= 15 is 0 Å². The second-order valence-electron chi connectivity index (χ2n) is 4.68. The van der Waals surface area contributed by atoms with E-state index in [1.165, 1.54) is 0 Å². The van der Waals surface area contributed by atoms with Crippen molar-refractivity contribution in [2.75, 3.05) is 18.9 Å². The van der Waals surface area contributed by atoms with Crippen molar-refractivity contribution in [2.24, 2.45) is 5.92 Å². The van der Waals surface area contributed by atoms with Crippen LogP contribution in [-0.4, -0.2) is 24.1 Å². The smallest absolute Gasteiger partial charge is 0.410 e. The van der Waals surface area contributed by atoms with E-state index in [1.807, 2.05) is 45.0 Å². The zero-order valence-electron chi connectivity index (χ0n) is 11.3. The molecular weight excluding hydrogens is 228 g/mol. The van der Waals surface area contributed by atoms with E-state index in [4.69, 9.17) is 10.5 Å². The molecule has 1 amide bonds. The lowest BCUT2D eigenvalue weighted by molar-refractivity contribution is 0.0915. The first kappa shape index (κ1) is 14.4. The Balaban J connectivity index is 2.62. The summed E-state index contributed by atoms with van der Waals surface area (Å²) in [5.41, 5.74) is 7.51. The van der Waals surface area contributed by atoms with Crippen LogP contribution in [0.25, 0.3) is 0 Å². The highest BCUT2D eigenvalue weighted by atomic mass is 16.6. The number of nitrogens with zero attached hydrogens (tertiary/aromatic N) is 1. The number of rotatable bonds is 5. The molecule has 0 unspecified atom stereocenters. The molecule has 100 valence electrons. The molecule has 0 saturated carbocycles. The van der Waals surface area contributed by atoms with Crippen LogP contribution in [0.5, 0.6) is 0 Å². The summed E-state index contributed by atoms with van der Waals surface area (Å²) in [6.07, 6.45) is -0.283. The van der Waals surface area contributed by atoms with Crippen molar-refractivity contribution in [1.29, 1.82) is 0 Å². The fourth-order valence-electron chi connectivity index (χ4n) is 1.52. The van der Waals surface area contributed by atoms with Crippen LogP contribution >= 0.6 is 0 Å². The number of hydrogen-bond acceptors (Lipinski definition) is 3. The summed E-state index contributed by atoms with van der Waals surface area (Å²) in [5.74, 6) is 0.342. The second kappa shape index (κ2) is 6.89. The number of anilines is 1. The van der Waals surface area contributed by atoms with E-state index in [2.05, 4.69) is 0 Å². The van der Waals surface area contributed by atoms with E-state index in [-0.39, 0.29) is 6.09 Å². The summed E-state index contributed by atoms with van der Waals surface area (Å²) in [7, 11) is 0. The molecule has 1 aromatic rings. The van der Waals surface area contributed by atoms with Crippen molar-refractivity contribution in [1.82, 2.24) is 4.90 Å². The van der Waals surface area contributed by atoms with Gasteiger partial charge in [0.2, 0.25) is 0 Å². The highest BCUT2D eigenvalue weighted by Gasteiger charge is 2.14. The molecule has 0 atom stereocenters. The molecule has 0 spiro atoms. The number of para-hydroxylation sites is 1. The number of amides is 1. The number of hydrogen-bond donors (Lipinski definition) is 1. The van der Waals surface area contributed by atoms with Crippen LogP contribution < -0.4 is 5.73 Å². The van der Waals surface area contributed by atoms with Crippen LogP contribution in [0.1, 0.15) is 26.3 Å². The molecule has 0 aliphatic heterocycles. The maximum Gasteiger partial charge on any atom is 0.410 e. The van der Waals surface area contributed by atoms with E-state index < -0.39 is 0 Å². The molecule has 0 radical (unpaired) electrons. The van der Waals surface area contributed by atoms with E-state index in [0.29, 0.717) is 31.3 Å². The summed E-state index contributed by atoms with van der Waals surface area (Å²) in [6, 6.07) is 7.56. The molecule has 18 heavy (non-hydrogen) atoms. The standard InChI is InChI=1S/C14H22N2O2/c1-4-16(14(17)18-10-11(2)3)9-12-7-5-6-8-13(12)15/h5-8,11H,4,9-10,15H2,1-3H3. The molecule has 4 heteroatoms. The van der Waals surface area contributed by atoms with Gasteiger partial charge in [-0.2, -0.15) is 0 Å². The molecule has 0 saturated heterocycles. The predicted molar refractivity (Wildman–Crippen MR) is 73.1 cm³/mol. The van der Waals surface area contributed by atoms with Gasteiger partial charge in [-0.3, -0.25) is 0 Å². The lowest BCUT2D eigenvalue weighted by Crippen LogP contribution is -2.32. The third-order valence-electron chi connectivity index (χ3n) is 2.60. The molecule has 0 fully saturated rings. The van der Waals surface area contributed by atoms with Crippen molar-refractivity contribution >= 4 is 11.8 Å². The van der Waals surface area contributed by atoms with E-state index in [1.54, 1.807) is 4.90 Å². The molecule has 2 N–H and O–H groups in total. The van der Waals surface area contributed by atoms with Crippen LogP contribution in [0.2, 0.25) is 0 Å². The fourth-order valence-corrected chi connectivity index (χ4v) is 1.52. The Kier molecular flexibility index (Phi) is 5.49. The first-order chi connectivity index (χ1) is 8.54. The Hall–Kier alpha value is -1.71. The van der Waals surface area contributed by atoms with Crippen molar-refractivity contribution in [3.05, 3.63) is 29.8 Å². The van der Waals surface area contributed by atoms with Crippen molar-refractivity contribution in [3.63, 3.8) is 0 Å². The normalized spacial score (nSPS) is 10.4. The SMILES string of the molecule is CCN(Cc1ccccc1N)C(=O)OCC(C)C. The molecule has 0 aliphatic carbocycles. The molecular formula is C14H22N2O2. The monoisotopic (exact) mass is 250 g/mol. The van der Waals surface area contributed by atoms with Gasteiger partial charge in [-0.05, 0) is 24.5 Å². The number of benzene rings is 1. The minimum Gasteiger partial charge on any atom is -0.449 e. The number of nitrogen functional groups attached to an aromatic ring is 1. The number of carbonyl (C=O) groups excluding carboxylic acids is 1. The quantitative estimate of drug-likeness (QED) is 0.817. The lowest BCUT2D eigenvalue weighted by Gasteiger charge is -2.21. The number of nitrogens with two attached hydrogens (primary N) is 1. The first-order valence-electron chi connectivity index (χ1n) is 6.29. The molecule has 0 bridgehead atoms. The van der Waals surface area contributed by atoms with Gasteiger partial charge in [-0.1, -0.05) is 32.0 Å². The Morgan fingerprint density at radius 3 is 2.61 bits per heavy atom. The van der Waals surface area contributed by atoms with Crippen molar-refractivity contribution in [3.8, 4) is 0 Å². The van der Waals surface area contributed by atoms with Crippen LogP contribution in [0.4, 0.5) is 10.5 Å².